The van der Waals surface area contributed by atoms with Gasteiger partial charge in [0.2, 0.25) is 0 Å². The van der Waals surface area contributed by atoms with Crippen molar-refractivity contribution in [2.75, 3.05) is 0 Å². The molecule has 0 fully saturated rings. The van der Waals surface area contributed by atoms with Crippen LogP contribution in [0.5, 0.6) is 0 Å². The summed E-state index contributed by atoms with van der Waals surface area (Å²) in [7, 11) is 0. The maximum Gasteiger partial charge on any atom is 3.00 e. The molecule has 0 radical (unpaired) electrons. The van der Waals surface area contributed by atoms with Gasteiger partial charge < -0.3 is 4.98 Å². The number of rotatable bonds is 3. The monoisotopic (exact) mass is 726 g/mol. The fourth-order valence-electron chi connectivity index (χ4n) is 4.47. The van der Waals surface area contributed by atoms with Crippen LogP contribution in [0.1, 0.15) is 55.4 Å². The fraction of sp³-hybridized carbons (Fsp3) is 0.216. The van der Waals surface area contributed by atoms with Crippen LogP contribution in [0.25, 0.3) is 42.6 Å². The minimum atomic E-state index is -2.61. The molecule has 3 heteroatoms. The minimum Gasteiger partial charge on any atom is -0.304 e. The molecule has 6 rings (SSSR count). The van der Waals surface area contributed by atoms with Gasteiger partial charge in [0.05, 0.1) is 0 Å². The van der Waals surface area contributed by atoms with Crippen molar-refractivity contribution in [3.05, 3.63) is 126 Å². The molecule has 40 heavy (non-hydrogen) atoms. The summed E-state index contributed by atoms with van der Waals surface area (Å²) >= 11 is 1.90. The summed E-state index contributed by atoms with van der Waals surface area (Å²) in [5, 5.41) is 2.69. The van der Waals surface area contributed by atoms with Crippen LogP contribution in [0.15, 0.2) is 85.1 Å². The van der Waals surface area contributed by atoms with Crippen molar-refractivity contribution in [1.82, 2.24) is 4.98 Å². The second kappa shape index (κ2) is 12.6. The summed E-state index contributed by atoms with van der Waals surface area (Å²) in [4.78, 5) is 4.00. The Hall–Kier alpha value is -3.10. The van der Waals surface area contributed by atoms with E-state index in [1.807, 2.05) is 29.5 Å². The second-order valence-corrected chi connectivity index (χ2v) is 11.6. The molecule has 0 unspecified atom stereocenters. The van der Waals surface area contributed by atoms with E-state index in [2.05, 4.69) is 80.4 Å². The van der Waals surface area contributed by atoms with E-state index in [0.29, 0.717) is 5.56 Å². The van der Waals surface area contributed by atoms with Gasteiger partial charge in [0.1, 0.15) is 0 Å². The van der Waals surface area contributed by atoms with Crippen molar-refractivity contribution in [1.29, 1.82) is 0 Å². The van der Waals surface area contributed by atoms with Gasteiger partial charge in [-0.25, -0.2) is 11.1 Å². The third kappa shape index (κ3) is 6.78. The van der Waals surface area contributed by atoms with Gasteiger partial charge >= 0.3 is 20.1 Å². The molecule has 0 N–H and O–H groups in total. The van der Waals surface area contributed by atoms with Gasteiger partial charge in [-0.1, -0.05) is 67.5 Å². The van der Waals surface area contributed by atoms with Gasteiger partial charge in [-0.2, -0.15) is 47.7 Å². The van der Waals surface area contributed by atoms with Gasteiger partial charge in [0.25, 0.3) is 0 Å². The Morgan fingerprint density at radius 1 is 0.800 bits per heavy atom. The number of hydrogen-bond acceptors (Lipinski definition) is 2. The molecule has 202 valence electrons. The molecule has 0 atom stereocenters. The SMILES string of the molecule is CC(C)(C)Cc1cccc2c1sc1c(-c3[c-]cccc3)[c-]ccc12.[2H]C([2H])([2H])c1c[c-]c(-c2cc(C([2H])([2H])[2H])c(C([2H])([2H])[2H])cn2)cc1.[Ir+3]. The topological polar surface area (TPSA) is 12.9 Å². The second-order valence-electron chi connectivity index (χ2n) is 10.6. The molecule has 2 heterocycles. The maximum absolute atomic E-state index is 7.54. The third-order valence-electron chi connectivity index (χ3n) is 6.23. The van der Waals surface area contributed by atoms with Crippen LogP contribution in [0, 0.1) is 44.2 Å². The van der Waals surface area contributed by atoms with Gasteiger partial charge in [-0.15, -0.1) is 47.5 Å². The molecule has 0 aliphatic carbocycles. The Bertz CT molecular complexity index is 2040. The molecular weight excluding hydrogens is 683 g/mol. The van der Waals surface area contributed by atoms with Crippen LogP contribution >= 0.6 is 11.3 Å². The molecule has 6 aromatic rings. The molecule has 4 aromatic carbocycles. The number of aryl methyl sites for hydroxylation is 3. The Morgan fingerprint density at radius 2 is 1.65 bits per heavy atom. The smallest absolute Gasteiger partial charge is 0.304 e. The zero-order chi connectivity index (χ0) is 35.1. The first-order valence-electron chi connectivity index (χ1n) is 17.2. The predicted molar refractivity (Wildman–Crippen MR) is 168 cm³/mol. The molecule has 0 spiro atoms. The summed E-state index contributed by atoms with van der Waals surface area (Å²) in [6, 6.07) is 34.0. The maximum atomic E-state index is 7.54. The van der Waals surface area contributed by atoms with Gasteiger partial charge in [-0.05, 0) is 47.7 Å². The van der Waals surface area contributed by atoms with Crippen molar-refractivity contribution in [3.63, 3.8) is 0 Å². The molecule has 0 aliphatic rings. The Morgan fingerprint density at radius 3 is 2.35 bits per heavy atom. The van der Waals surface area contributed by atoms with Gasteiger partial charge in [0, 0.05) is 23.2 Å². The molecule has 0 bridgehead atoms. The summed E-state index contributed by atoms with van der Waals surface area (Å²) in [6.45, 7) is -0.562. The first-order valence-corrected chi connectivity index (χ1v) is 13.5. The first kappa shape index (κ1) is 19.9. The van der Waals surface area contributed by atoms with E-state index in [-0.39, 0.29) is 47.9 Å². The molecule has 0 aliphatic heterocycles. The van der Waals surface area contributed by atoms with Crippen LogP contribution in [0.4, 0.5) is 0 Å². The summed E-state index contributed by atoms with van der Waals surface area (Å²) < 4.78 is 69.6. The van der Waals surface area contributed by atoms with Crippen molar-refractivity contribution in [2.45, 2.75) is 47.7 Å². The van der Waals surface area contributed by atoms with Crippen LogP contribution < -0.4 is 0 Å². The quantitative estimate of drug-likeness (QED) is 0.166. The standard InChI is InChI=1S/C23H20S.C14H14N.Ir/c1-23(2,3)15-17-11-7-13-19-20-14-8-12-18(22(20)24-21(17)19)16-9-5-4-6-10-16;1-10-4-6-13(7-5-10)14-8-11(2)12(3)9-15-14;/h4-9,11,13-14H,15H2,1-3H3;4-6,8-9H,1-3H3;/q-2;-1;+3/i;1D3,2D3,3D3;. The largest absolute Gasteiger partial charge is 3.00 e. The van der Waals surface area contributed by atoms with Crippen LogP contribution in [0.3, 0.4) is 0 Å². The molecule has 0 saturated carbocycles. The van der Waals surface area contributed by atoms with Crippen molar-refractivity contribution in [3.8, 4) is 22.4 Å². The van der Waals surface area contributed by atoms with Gasteiger partial charge in [0.15, 0.2) is 0 Å². The van der Waals surface area contributed by atoms with Crippen molar-refractivity contribution < 1.29 is 32.4 Å². The predicted octanol–water partition coefficient (Wildman–Crippen LogP) is 10.4. The number of pyridine rings is 1. The zero-order valence-corrected chi connectivity index (χ0v) is 25.7. The van der Waals surface area contributed by atoms with Crippen LogP contribution in [-0.4, -0.2) is 4.98 Å². The molecule has 0 amide bonds. The number of thiophene rings is 1. The van der Waals surface area contributed by atoms with Crippen LogP contribution in [0.2, 0.25) is 0 Å². The van der Waals surface area contributed by atoms with Crippen molar-refractivity contribution >= 4 is 31.5 Å². The summed E-state index contributed by atoms with van der Waals surface area (Å²) in [5.41, 5.74) is 4.07. The summed E-state index contributed by atoms with van der Waals surface area (Å²) in [6.07, 6.45) is 2.11. The van der Waals surface area contributed by atoms with E-state index >= 15 is 0 Å². The van der Waals surface area contributed by atoms with E-state index in [1.165, 1.54) is 50.0 Å². The van der Waals surface area contributed by atoms with E-state index < -0.39 is 20.6 Å². The van der Waals surface area contributed by atoms with Crippen LogP contribution in [-0.2, 0) is 26.5 Å². The van der Waals surface area contributed by atoms with Gasteiger partial charge in [-0.3, -0.25) is 0 Å². The number of aromatic nitrogens is 1. The average molecular weight is 726 g/mol. The Labute approximate surface area is 269 Å². The van der Waals surface area contributed by atoms with E-state index in [4.69, 9.17) is 12.3 Å². The molecule has 0 saturated heterocycles. The van der Waals surface area contributed by atoms with E-state index in [9.17, 15) is 0 Å². The normalized spacial score (nSPS) is 15.4. The average Bonchev–Trinajstić information content (AvgIpc) is 3.40. The number of nitrogens with zero attached hydrogens (tertiary/aromatic N) is 1. The molecule has 1 nitrogen and oxygen atoms in total. The van der Waals surface area contributed by atoms with E-state index in [1.54, 1.807) is 0 Å². The molecular formula is C37H34IrNS. The van der Waals surface area contributed by atoms with Crippen molar-refractivity contribution in [2.24, 2.45) is 5.41 Å². The number of benzene rings is 4. The number of fused-ring (bicyclic) bond motifs is 3. The Kier molecular flexibility index (Phi) is 6.27. The summed E-state index contributed by atoms with van der Waals surface area (Å²) in [5.74, 6) is 0. The minimum absolute atomic E-state index is 0. The third-order valence-corrected chi connectivity index (χ3v) is 7.55. The van der Waals surface area contributed by atoms with E-state index in [0.717, 1.165) is 23.7 Å². The fourth-order valence-corrected chi connectivity index (χ4v) is 5.79. The number of hydrogen-bond donors (Lipinski definition) is 0. The zero-order valence-electron chi connectivity index (χ0n) is 31.5. The first-order chi connectivity index (χ1) is 22.3. The molecule has 2 aromatic heterocycles. The Balaban J connectivity index is 0.000000216.